The monoisotopic (exact) mass is 384 g/mol. The standard InChI is InChI=1S/C21H28N4OS/c1-15-19(16(2)23-21(22-15)27-3)11-12-20(26)24-17-7-9-18(10-8-17)25-13-5-4-6-14-25/h7-10H,4-6,11-14H2,1-3H3,(H,24,26). The molecule has 1 N–H and O–H groups in total. The summed E-state index contributed by atoms with van der Waals surface area (Å²) in [6, 6.07) is 8.19. The fourth-order valence-corrected chi connectivity index (χ4v) is 3.99. The van der Waals surface area contributed by atoms with Crippen LogP contribution in [0, 0.1) is 13.8 Å². The molecule has 6 heteroatoms. The van der Waals surface area contributed by atoms with Crippen LogP contribution in [-0.2, 0) is 11.2 Å². The van der Waals surface area contributed by atoms with Gasteiger partial charge in [0.1, 0.15) is 0 Å². The van der Waals surface area contributed by atoms with Crippen molar-refractivity contribution < 1.29 is 4.79 Å². The van der Waals surface area contributed by atoms with Crippen LogP contribution in [0.3, 0.4) is 0 Å². The largest absolute Gasteiger partial charge is 0.372 e. The van der Waals surface area contributed by atoms with Crippen molar-refractivity contribution in [3.8, 4) is 0 Å². The smallest absolute Gasteiger partial charge is 0.224 e. The molecule has 27 heavy (non-hydrogen) atoms. The van der Waals surface area contributed by atoms with E-state index in [-0.39, 0.29) is 5.91 Å². The number of nitrogens with one attached hydrogen (secondary N) is 1. The molecule has 1 aliphatic rings. The van der Waals surface area contributed by atoms with E-state index in [1.807, 2.05) is 32.2 Å². The third kappa shape index (κ3) is 5.22. The van der Waals surface area contributed by atoms with E-state index >= 15 is 0 Å². The van der Waals surface area contributed by atoms with Crippen LogP contribution in [0.1, 0.15) is 42.6 Å². The van der Waals surface area contributed by atoms with Gasteiger partial charge in [0.25, 0.3) is 0 Å². The second kappa shape index (κ2) is 9.22. The van der Waals surface area contributed by atoms with Gasteiger partial charge in [0.15, 0.2) is 5.16 Å². The van der Waals surface area contributed by atoms with Crippen molar-refractivity contribution in [2.24, 2.45) is 0 Å². The average Bonchev–Trinajstić information content (AvgIpc) is 2.68. The van der Waals surface area contributed by atoms with Crippen LogP contribution in [0.2, 0.25) is 0 Å². The summed E-state index contributed by atoms with van der Waals surface area (Å²) in [6.07, 6.45) is 6.91. The van der Waals surface area contributed by atoms with Crippen molar-refractivity contribution in [2.75, 3.05) is 29.6 Å². The van der Waals surface area contributed by atoms with Gasteiger partial charge in [0.05, 0.1) is 0 Å². The summed E-state index contributed by atoms with van der Waals surface area (Å²) in [5.74, 6) is 0.0217. The van der Waals surface area contributed by atoms with Crippen LogP contribution < -0.4 is 10.2 Å². The van der Waals surface area contributed by atoms with Gasteiger partial charge in [0.2, 0.25) is 5.91 Å². The zero-order valence-corrected chi connectivity index (χ0v) is 17.2. The molecule has 5 nitrogen and oxygen atoms in total. The minimum atomic E-state index is 0.0217. The third-order valence-electron chi connectivity index (χ3n) is 5.06. The first-order valence-corrected chi connectivity index (χ1v) is 10.8. The minimum absolute atomic E-state index is 0.0217. The number of rotatable bonds is 6. The van der Waals surface area contributed by atoms with Crippen molar-refractivity contribution in [1.82, 2.24) is 9.97 Å². The summed E-state index contributed by atoms with van der Waals surface area (Å²) in [6.45, 7) is 6.23. The molecule has 1 amide bonds. The molecular formula is C21H28N4OS. The second-order valence-electron chi connectivity index (χ2n) is 7.00. The molecule has 144 valence electrons. The molecule has 0 aliphatic carbocycles. The number of aryl methyl sites for hydroxylation is 2. The first-order chi connectivity index (χ1) is 13.1. The molecule has 3 rings (SSSR count). The van der Waals surface area contributed by atoms with Gasteiger partial charge in [-0.2, -0.15) is 0 Å². The van der Waals surface area contributed by atoms with E-state index in [4.69, 9.17) is 0 Å². The topological polar surface area (TPSA) is 58.1 Å². The summed E-state index contributed by atoms with van der Waals surface area (Å²) in [5, 5.41) is 3.79. The highest BCUT2D eigenvalue weighted by Gasteiger charge is 2.12. The lowest BCUT2D eigenvalue weighted by atomic mass is 10.1. The van der Waals surface area contributed by atoms with Crippen LogP contribution in [0.5, 0.6) is 0 Å². The lowest BCUT2D eigenvalue weighted by Gasteiger charge is -2.28. The first-order valence-electron chi connectivity index (χ1n) is 9.60. The Morgan fingerprint density at radius 2 is 1.70 bits per heavy atom. The Labute approximate surface area is 166 Å². The van der Waals surface area contributed by atoms with Gasteiger partial charge in [0, 0.05) is 42.3 Å². The molecule has 2 heterocycles. The van der Waals surface area contributed by atoms with Crippen molar-refractivity contribution in [1.29, 1.82) is 0 Å². The predicted molar refractivity (Wildman–Crippen MR) is 113 cm³/mol. The Hall–Kier alpha value is -2.08. The number of hydrogen-bond donors (Lipinski definition) is 1. The van der Waals surface area contributed by atoms with Crippen LogP contribution >= 0.6 is 11.8 Å². The van der Waals surface area contributed by atoms with Gasteiger partial charge in [-0.1, -0.05) is 11.8 Å². The number of hydrogen-bond acceptors (Lipinski definition) is 5. The third-order valence-corrected chi connectivity index (χ3v) is 5.60. The lowest BCUT2D eigenvalue weighted by Crippen LogP contribution is -2.29. The number of thioether (sulfide) groups is 1. The fraction of sp³-hybridized carbons (Fsp3) is 0.476. The number of aromatic nitrogens is 2. The second-order valence-corrected chi connectivity index (χ2v) is 7.78. The molecule has 0 atom stereocenters. The Bertz CT molecular complexity index is 762. The van der Waals surface area contributed by atoms with Crippen LogP contribution in [0.4, 0.5) is 11.4 Å². The minimum Gasteiger partial charge on any atom is -0.372 e. The molecule has 0 unspecified atom stereocenters. The SMILES string of the molecule is CSc1nc(C)c(CCC(=O)Nc2ccc(N3CCCCC3)cc2)c(C)n1. The maximum atomic E-state index is 12.4. The lowest BCUT2D eigenvalue weighted by molar-refractivity contribution is -0.116. The molecule has 0 spiro atoms. The van der Waals surface area contributed by atoms with Gasteiger partial charge in [-0.3, -0.25) is 4.79 Å². The number of carbonyl (C=O) groups is 1. The summed E-state index contributed by atoms with van der Waals surface area (Å²) in [4.78, 5) is 23.7. The van der Waals surface area contributed by atoms with Gasteiger partial charge < -0.3 is 10.2 Å². The van der Waals surface area contributed by atoms with Crippen LogP contribution in [-0.4, -0.2) is 35.2 Å². The Morgan fingerprint density at radius 1 is 1.07 bits per heavy atom. The van der Waals surface area contributed by atoms with Crippen molar-refractivity contribution in [3.05, 3.63) is 41.2 Å². The highest BCUT2D eigenvalue weighted by molar-refractivity contribution is 7.98. The molecule has 1 saturated heterocycles. The van der Waals surface area contributed by atoms with Gasteiger partial charge >= 0.3 is 0 Å². The summed E-state index contributed by atoms with van der Waals surface area (Å²) >= 11 is 1.54. The van der Waals surface area contributed by atoms with Crippen molar-refractivity contribution >= 4 is 29.0 Å². The highest BCUT2D eigenvalue weighted by Crippen LogP contribution is 2.22. The van der Waals surface area contributed by atoms with E-state index in [0.29, 0.717) is 12.8 Å². The van der Waals surface area contributed by atoms with E-state index in [1.165, 1.54) is 36.7 Å². The van der Waals surface area contributed by atoms with E-state index in [0.717, 1.165) is 40.9 Å². The molecule has 2 aromatic rings. The quantitative estimate of drug-likeness (QED) is 0.592. The zero-order chi connectivity index (χ0) is 19.2. The molecule has 0 radical (unpaired) electrons. The maximum Gasteiger partial charge on any atom is 0.224 e. The fourth-order valence-electron chi connectivity index (χ4n) is 3.53. The molecule has 1 aliphatic heterocycles. The molecule has 1 aromatic carbocycles. The number of amides is 1. The van der Waals surface area contributed by atoms with Crippen molar-refractivity contribution in [2.45, 2.75) is 51.1 Å². The zero-order valence-electron chi connectivity index (χ0n) is 16.4. The van der Waals surface area contributed by atoms with E-state index in [9.17, 15) is 4.79 Å². The summed E-state index contributed by atoms with van der Waals surface area (Å²) in [7, 11) is 0. The van der Waals surface area contributed by atoms with E-state index in [1.54, 1.807) is 0 Å². The van der Waals surface area contributed by atoms with Crippen molar-refractivity contribution in [3.63, 3.8) is 0 Å². The Morgan fingerprint density at radius 3 is 2.30 bits per heavy atom. The molecule has 0 bridgehead atoms. The molecule has 1 fully saturated rings. The number of anilines is 2. The number of piperidine rings is 1. The van der Waals surface area contributed by atoms with Gasteiger partial charge in [-0.25, -0.2) is 9.97 Å². The van der Waals surface area contributed by atoms with Gasteiger partial charge in [-0.15, -0.1) is 0 Å². The van der Waals surface area contributed by atoms with Crippen LogP contribution in [0.15, 0.2) is 29.4 Å². The van der Waals surface area contributed by atoms with Crippen LogP contribution in [0.25, 0.3) is 0 Å². The van der Waals surface area contributed by atoms with E-state index < -0.39 is 0 Å². The molecule has 0 saturated carbocycles. The average molecular weight is 385 g/mol. The van der Waals surface area contributed by atoms with Gasteiger partial charge in [-0.05, 0) is 75.6 Å². The summed E-state index contributed by atoms with van der Waals surface area (Å²) < 4.78 is 0. The van der Waals surface area contributed by atoms with E-state index in [2.05, 4.69) is 32.3 Å². The Kier molecular flexibility index (Phi) is 6.72. The maximum absolute atomic E-state index is 12.4. The normalized spacial score (nSPS) is 14.3. The first kappa shape index (κ1) is 19.7. The number of benzene rings is 1. The molecular weight excluding hydrogens is 356 g/mol. The highest BCUT2D eigenvalue weighted by atomic mass is 32.2. The number of nitrogens with zero attached hydrogens (tertiary/aromatic N) is 3. The Balaban J connectivity index is 1.55. The number of carbonyl (C=O) groups excluding carboxylic acids is 1. The molecule has 1 aromatic heterocycles. The summed E-state index contributed by atoms with van der Waals surface area (Å²) in [5.41, 5.74) is 5.09. The predicted octanol–water partition coefficient (Wildman–Crippen LogP) is 4.38.